The van der Waals surface area contributed by atoms with Crippen molar-refractivity contribution in [2.24, 2.45) is 11.7 Å². The monoisotopic (exact) mass is 240 g/mol. The number of nitrogens with zero attached hydrogens (tertiary/aromatic N) is 1. The highest BCUT2D eigenvalue weighted by Crippen LogP contribution is 2.43. The van der Waals surface area contributed by atoms with Gasteiger partial charge in [-0.3, -0.25) is 0 Å². The fourth-order valence-electron chi connectivity index (χ4n) is 3.19. The van der Waals surface area contributed by atoms with Gasteiger partial charge in [-0.25, -0.2) is 4.79 Å². The highest BCUT2D eigenvalue weighted by Gasteiger charge is 2.50. The maximum atomic E-state index is 12.2. The Hall–Kier alpha value is -0.770. The van der Waals surface area contributed by atoms with E-state index >= 15 is 0 Å². The molecule has 2 N–H and O–H groups in total. The Labute approximate surface area is 103 Å². The summed E-state index contributed by atoms with van der Waals surface area (Å²) in [5, 5.41) is 0. The molecule has 1 unspecified atom stereocenters. The van der Waals surface area contributed by atoms with Crippen LogP contribution in [0.4, 0.5) is 4.79 Å². The Bertz CT molecular complexity index is 311. The van der Waals surface area contributed by atoms with Gasteiger partial charge in [0.15, 0.2) is 0 Å². The number of carbonyl (C=O) groups is 1. The lowest BCUT2D eigenvalue weighted by Gasteiger charge is -2.39. The Balaban J connectivity index is 2.12. The molecule has 2 rings (SSSR count). The van der Waals surface area contributed by atoms with Crippen molar-refractivity contribution in [3.05, 3.63) is 0 Å². The Morgan fingerprint density at radius 3 is 2.82 bits per heavy atom. The number of fused-ring (bicyclic) bond motifs is 2. The summed E-state index contributed by atoms with van der Waals surface area (Å²) < 4.78 is 5.49. The van der Waals surface area contributed by atoms with Crippen molar-refractivity contribution in [3.8, 4) is 0 Å². The Morgan fingerprint density at radius 2 is 2.24 bits per heavy atom. The van der Waals surface area contributed by atoms with E-state index in [1.165, 1.54) is 12.8 Å². The number of amides is 1. The average Bonchev–Trinajstić information content (AvgIpc) is 2.48. The van der Waals surface area contributed by atoms with E-state index in [-0.39, 0.29) is 11.6 Å². The molecule has 1 aliphatic heterocycles. The van der Waals surface area contributed by atoms with Crippen LogP contribution in [0.25, 0.3) is 0 Å². The van der Waals surface area contributed by atoms with Crippen LogP contribution in [0.3, 0.4) is 0 Å². The Morgan fingerprint density at radius 1 is 1.53 bits per heavy atom. The van der Waals surface area contributed by atoms with Gasteiger partial charge in [-0.2, -0.15) is 0 Å². The average molecular weight is 240 g/mol. The van der Waals surface area contributed by atoms with E-state index in [2.05, 4.69) is 0 Å². The number of ether oxygens (including phenoxy) is 1. The van der Waals surface area contributed by atoms with Crippen LogP contribution in [-0.2, 0) is 4.74 Å². The molecule has 1 aliphatic carbocycles. The van der Waals surface area contributed by atoms with Crippen molar-refractivity contribution in [1.82, 2.24) is 4.90 Å². The fraction of sp³-hybridized carbons (Fsp3) is 0.923. The van der Waals surface area contributed by atoms with E-state index in [1.54, 1.807) is 0 Å². The topological polar surface area (TPSA) is 55.6 Å². The second kappa shape index (κ2) is 4.16. The molecule has 17 heavy (non-hydrogen) atoms. The molecule has 4 nitrogen and oxygen atoms in total. The Kier molecular flexibility index (Phi) is 3.10. The molecule has 0 spiro atoms. The van der Waals surface area contributed by atoms with Crippen LogP contribution in [0, 0.1) is 5.92 Å². The number of hydrogen-bond acceptors (Lipinski definition) is 3. The smallest absolute Gasteiger partial charge is 0.410 e. The third-order valence-corrected chi connectivity index (χ3v) is 3.93. The molecule has 98 valence electrons. The maximum Gasteiger partial charge on any atom is 0.410 e. The summed E-state index contributed by atoms with van der Waals surface area (Å²) in [6.45, 7) is 7.10. The largest absolute Gasteiger partial charge is 0.444 e. The first kappa shape index (κ1) is 12.7. The predicted octanol–water partition coefficient (Wildman–Crippen LogP) is 2.12. The van der Waals surface area contributed by atoms with Crippen molar-refractivity contribution >= 4 is 6.09 Å². The second-order valence-corrected chi connectivity index (χ2v) is 6.48. The molecule has 0 aromatic carbocycles. The highest BCUT2D eigenvalue weighted by molar-refractivity contribution is 5.70. The molecule has 1 saturated carbocycles. The van der Waals surface area contributed by atoms with Gasteiger partial charge in [-0.05, 0) is 46.0 Å². The van der Waals surface area contributed by atoms with Gasteiger partial charge in [0.2, 0.25) is 0 Å². The minimum atomic E-state index is -0.427. The first-order valence-electron chi connectivity index (χ1n) is 6.57. The summed E-state index contributed by atoms with van der Waals surface area (Å²) in [6.07, 6.45) is 4.30. The van der Waals surface area contributed by atoms with Crippen molar-refractivity contribution < 1.29 is 9.53 Å². The molecular weight excluding hydrogens is 216 g/mol. The quantitative estimate of drug-likeness (QED) is 0.764. The van der Waals surface area contributed by atoms with Crippen LogP contribution < -0.4 is 5.73 Å². The van der Waals surface area contributed by atoms with E-state index in [0.29, 0.717) is 12.5 Å². The molecule has 1 saturated heterocycles. The number of nitrogens with two attached hydrogens (primary N) is 1. The molecule has 2 aliphatic rings. The van der Waals surface area contributed by atoms with Gasteiger partial charge < -0.3 is 15.4 Å². The summed E-state index contributed by atoms with van der Waals surface area (Å²) >= 11 is 0. The zero-order chi connectivity index (χ0) is 12.7. The molecular formula is C13H24N2O2. The molecule has 0 aromatic rings. The summed E-state index contributed by atoms with van der Waals surface area (Å²) in [7, 11) is 0. The lowest BCUT2D eigenvalue weighted by atomic mass is 9.80. The third kappa shape index (κ3) is 2.41. The lowest BCUT2D eigenvalue weighted by molar-refractivity contribution is 0.00792. The number of likely N-dealkylation sites (tertiary alicyclic amines) is 1. The maximum absolute atomic E-state index is 12.2. The lowest BCUT2D eigenvalue weighted by Crippen LogP contribution is -2.53. The molecule has 0 aromatic heterocycles. The molecule has 2 fully saturated rings. The molecule has 1 amide bonds. The number of hydrogen-bond donors (Lipinski definition) is 1. The first-order valence-corrected chi connectivity index (χ1v) is 6.57. The first-order chi connectivity index (χ1) is 7.86. The van der Waals surface area contributed by atoms with Crippen molar-refractivity contribution in [2.75, 3.05) is 13.1 Å². The van der Waals surface area contributed by atoms with Gasteiger partial charge in [-0.15, -0.1) is 0 Å². The SMILES string of the molecule is CC(C)(C)OC(=O)N1CC2CCC[C@@]1(CN)C2. The molecule has 0 radical (unpaired) electrons. The second-order valence-electron chi connectivity index (χ2n) is 6.48. The van der Waals surface area contributed by atoms with Crippen molar-refractivity contribution in [3.63, 3.8) is 0 Å². The van der Waals surface area contributed by atoms with Gasteiger partial charge in [0, 0.05) is 13.1 Å². The predicted molar refractivity (Wildman–Crippen MR) is 66.7 cm³/mol. The van der Waals surface area contributed by atoms with Gasteiger partial charge in [0.25, 0.3) is 0 Å². The molecule has 1 heterocycles. The van der Waals surface area contributed by atoms with Crippen LogP contribution in [0.5, 0.6) is 0 Å². The molecule has 4 heteroatoms. The van der Waals surface area contributed by atoms with Crippen LogP contribution in [-0.4, -0.2) is 35.2 Å². The fourth-order valence-corrected chi connectivity index (χ4v) is 3.19. The number of rotatable bonds is 1. The highest BCUT2D eigenvalue weighted by atomic mass is 16.6. The zero-order valence-corrected chi connectivity index (χ0v) is 11.2. The number of carbonyl (C=O) groups excluding carboxylic acids is 1. The van der Waals surface area contributed by atoms with Gasteiger partial charge in [0.1, 0.15) is 5.60 Å². The van der Waals surface area contributed by atoms with E-state index in [9.17, 15) is 4.79 Å². The van der Waals surface area contributed by atoms with E-state index in [4.69, 9.17) is 10.5 Å². The molecule has 2 atom stereocenters. The third-order valence-electron chi connectivity index (χ3n) is 3.93. The van der Waals surface area contributed by atoms with Crippen LogP contribution >= 0.6 is 0 Å². The minimum Gasteiger partial charge on any atom is -0.444 e. The normalized spacial score (nSPS) is 32.7. The van der Waals surface area contributed by atoms with Gasteiger partial charge in [0.05, 0.1) is 5.54 Å². The van der Waals surface area contributed by atoms with Crippen molar-refractivity contribution in [1.29, 1.82) is 0 Å². The van der Waals surface area contributed by atoms with Gasteiger partial charge >= 0.3 is 6.09 Å². The zero-order valence-electron chi connectivity index (χ0n) is 11.2. The van der Waals surface area contributed by atoms with Crippen molar-refractivity contribution in [2.45, 2.75) is 57.6 Å². The van der Waals surface area contributed by atoms with E-state index < -0.39 is 5.60 Å². The van der Waals surface area contributed by atoms with Crippen LogP contribution in [0.2, 0.25) is 0 Å². The minimum absolute atomic E-state index is 0.120. The summed E-state index contributed by atoms with van der Waals surface area (Å²) in [6, 6.07) is 0. The van der Waals surface area contributed by atoms with Crippen LogP contribution in [0.15, 0.2) is 0 Å². The summed E-state index contributed by atoms with van der Waals surface area (Å²) in [5.74, 6) is 0.625. The summed E-state index contributed by atoms with van der Waals surface area (Å²) in [4.78, 5) is 14.1. The molecule has 2 bridgehead atoms. The van der Waals surface area contributed by atoms with Crippen LogP contribution in [0.1, 0.15) is 46.5 Å². The van der Waals surface area contributed by atoms with Gasteiger partial charge in [-0.1, -0.05) is 6.42 Å². The summed E-state index contributed by atoms with van der Waals surface area (Å²) in [5.41, 5.74) is 5.37. The van der Waals surface area contributed by atoms with E-state index in [1.807, 2.05) is 25.7 Å². The standard InChI is InChI=1S/C13H24N2O2/c1-12(2,3)17-11(16)15-8-10-5-4-6-13(15,7-10)9-14/h10H,4-9,14H2,1-3H3/t10?,13-/m0/s1. The van der Waals surface area contributed by atoms with E-state index in [0.717, 1.165) is 19.4 Å².